The topological polar surface area (TPSA) is 29.3 Å². The minimum absolute atomic E-state index is 0.830. The Kier molecular flexibility index (Phi) is 6.19. The number of anilines is 2. The van der Waals surface area contributed by atoms with E-state index in [1.54, 1.807) is 5.01 Å². The van der Waals surface area contributed by atoms with E-state index < -0.39 is 0 Å². The van der Waals surface area contributed by atoms with Gasteiger partial charge in [0.15, 0.2) is 0 Å². The predicted octanol–water partition coefficient (Wildman–Crippen LogP) is 7.27. The summed E-state index contributed by atoms with van der Waals surface area (Å²) in [7, 11) is 0. The molecule has 0 aliphatic carbocycles. The van der Waals surface area contributed by atoms with Crippen LogP contribution in [0.25, 0.3) is 0 Å². The minimum Gasteiger partial charge on any atom is -0.275 e. The highest BCUT2D eigenvalue weighted by Crippen LogP contribution is 2.44. The van der Waals surface area contributed by atoms with E-state index in [0.717, 1.165) is 38.2 Å². The number of hydrogen-bond donors (Lipinski definition) is 1. The van der Waals surface area contributed by atoms with Crippen LogP contribution in [-0.2, 0) is 0 Å². The van der Waals surface area contributed by atoms with Gasteiger partial charge in [-0.1, -0.05) is 31.9 Å². The molecule has 106 valence electrons. The van der Waals surface area contributed by atoms with E-state index in [4.69, 9.17) is 5.84 Å². The minimum atomic E-state index is 0.830. The molecule has 0 amide bonds. The van der Waals surface area contributed by atoms with E-state index in [-0.39, 0.29) is 0 Å². The Morgan fingerprint density at radius 1 is 0.600 bits per heavy atom. The fraction of sp³-hybridized carbons (Fsp3) is 0. The van der Waals surface area contributed by atoms with Gasteiger partial charge in [0.25, 0.3) is 0 Å². The van der Waals surface area contributed by atoms with Gasteiger partial charge in [-0.15, -0.1) is 0 Å². The molecule has 0 heterocycles. The number of nitrogens with zero attached hydrogens (tertiary/aromatic N) is 1. The van der Waals surface area contributed by atoms with Crippen LogP contribution in [0.3, 0.4) is 0 Å². The number of rotatable bonds is 2. The first-order chi connectivity index (χ1) is 9.31. The zero-order valence-electron chi connectivity index (χ0n) is 9.60. The van der Waals surface area contributed by atoms with Gasteiger partial charge in [0, 0.05) is 26.8 Å². The lowest BCUT2D eigenvalue weighted by Crippen LogP contribution is -2.26. The van der Waals surface area contributed by atoms with Crippen molar-refractivity contribution in [1.29, 1.82) is 0 Å². The van der Waals surface area contributed by atoms with Crippen molar-refractivity contribution in [3.63, 3.8) is 0 Å². The fourth-order valence-electron chi connectivity index (χ4n) is 1.64. The van der Waals surface area contributed by atoms with Crippen molar-refractivity contribution < 1.29 is 0 Å². The molecule has 0 spiro atoms. The largest absolute Gasteiger partial charge is 0.275 e. The maximum absolute atomic E-state index is 6.30. The molecular weight excluding hydrogens is 652 g/mol. The van der Waals surface area contributed by atoms with Crippen LogP contribution in [0.15, 0.2) is 51.1 Å². The highest BCUT2D eigenvalue weighted by atomic mass is 79.9. The van der Waals surface area contributed by atoms with E-state index in [1.807, 2.05) is 24.3 Å². The van der Waals surface area contributed by atoms with E-state index in [9.17, 15) is 0 Å². The summed E-state index contributed by atoms with van der Waals surface area (Å²) < 4.78 is 5.43. The monoisotopic (exact) mass is 652 g/mol. The average Bonchev–Trinajstić information content (AvgIpc) is 2.25. The summed E-state index contributed by atoms with van der Waals surface area (Å²) >= 11 is 21.0. The van der Waals surface area contributed by atoms with Crippen molar-refractivity contribution in [3.8, 4) is 0 Å². The molecule has 0 radical (unpaired) electrons. The molecular formula is C12H6Br6N2. The summed E-state index contributed by atoms with van der Waals surface area (Å²) in [5, 5.41) is 1.61. The number of halogens is 6. The van der Waals surface area contributed by atoms with Crippen molar-refractivity contribution in [1.82, 2.24) is 0 Å². The highest BCUT2D eigenvalue weighted by Gasteiger charge is 2.19. The zero-order valence-corrected chi connectivity index (χ0v) is 19.1. The number of hydrazine groups is 1. The van der Waals surface area contributed by atoms with Crippen molar-refractivity contribution in [2.45, 2.75) is 0 Å². The van der Waals surface area contributed by atoms with Gasteiger partial charge in [-0.05, 0) is 88.0 Å². The quantitative estimate of drug-likeness (QED) is 0.272. The Bertz CT molecular complexity index is 569. The summed E-state index contributed by atoms with van der Waals surface area (Å²) in [6.45, 7) is 0. The smallest absolute Gasteiger partial charge is 0.0860 e. The lowest BCUT2D eigenvalue weighted by atomic mass is 10.2. The van der Waals surface area contributed by atoms with Crippen molar-refractivity contribution >= 4 is 107 Å². The standard InChI is InChI=1S/C12H6Br6N2/c13-5-1-7(15)11(8(16)2-5)20(19)12-9(17)3-6(14)4-10(12)18/h1-4H,19H2. The maximum atomic E-state index is 6.30. The van der Waals surface area contributed by atoms with Gasteiger partial charge in [-0.25, -0.2) is 5.84 Å². The van der Waals surface area contributed by atoms with Crippen LogP contribution in [0.5, 0.6) is 0 Å². The van der Waals surface area contributed by atoms with Gasteiger partial charge in [0.05, 0.1) is 11.4 Å². The van der Waals surface area contributed by atoms with Crippen LogP contribution in [0, 0.1) is 0 Å². The Hall–Kier alpha value is 1.08. The molecule has 0 atom stereocenters. The molecule has 0 bridgehead atoms. The van der Waals surface area contributed by atoms with Crippen molar-refractivity contribution in [3.05, 3.63) is 51.1 Å². The average molecular weight is 658 g/mol. The Labute approximate surface area is 167 Å². The zero-order chi connectivity index (χ0) is 15.0. The summed E-state index contributed by atoms with van der Waals surface area (Å²) in [5.41, 5.74) is 1.66. The lowest BCUT2D eigenvalue weighted by molar-refractivity contribution is 1.06. The predicted molar refractivity (Wildman–Crippen MR) is 105 cm³/mol. The SMILES string of the molecule is NN(c1c(Br)cc(Br)cc1Br)c1c(Br)cc(Br)cc1Br. The van der Waals surface area contributed by atoms with Crippen LogP contribution in [-0.4, -0.2) is 0 Å². The first kappa shape index (κ1) is 17.4. The third kappa shape index (κ3) is 3.70. The van der Waals surface area contributed by atoms with Crippen LogP contribution >= 0.6 is 95.6 Å². The van der Waals surface area contributed by atoms with E-state index in [2.05, 4.69) is 95.6 Å². The molecule has 0 saturated heterocycles. The Morgan fingerprint density at radius 3 is 1.10 bits per heavy atom. The molecule has 0 saturated carbocycles. The molecule has 0 aliphatic heterocycles. The second kappa shape index (κ2) is 7.10. The van der Waals surface area contributed by atoms with E-state index in [1.165, 1.54) is 0 Å². The normalized spacial score (nSPS) is 10.8. The molecule has 0 aliphatic rings. The molecule has 2 rings (SSSR count). The maximum Gasteiger partial charge on any atom is 0.0860 e. The third-order valence-electron chi connectivity index (χ3n) is 2.45. The first-order valence-electron chi connectivity index (χ1n) is 5.15. The summed E-state index contributed by atoms with van der Waals surface area (Å²) in [4.78, 5) is 0. The molecule has 2 aromatic carbocycles. The Morgan fingerprint density at radius 2 is 0.850 bits per heavy atom. The van der Waals surface area contributed by atoms with Crippen molar-refractivity contribution in [2.24, 2.45) is 5.84 Å². The molecule has 0 aromatic heterocycles. The van der Waals surface area contributed by atoms with Gasteiger partial charge in [0.2, 0.25) is 0 Å². The summed E-state index contributed by atoms with van der Waals surface area (Å²) in [6, 6.07) is 7.78. The third-order valence-corrected chi connectivity index (χ3v) is 5.78. The second-order valence-corrected chi connectivity index (χ2v) is 9.05. The molecule has 2 aromatic rings. The summed E-state index contributed by atoms with van der Waals surface area (Å²) in [5.74, 6) is 6.30. The van der Waals surface area contributed by atoms with Gasteiger partial charge in [-0.3, -0.25) is 5.01 Å². The molecule has 2 N–H and O–H groups in total. The van der Waals surface area contributed by atoms with Crippen molar-refractivity contribution in [2.75, 3.05) is 5.01 Å². The molecule has 2 nitrogen and oxygen atoms in total. The van der Waals surface area contributed by atoms with Crippen LogP contribution in [0.2, 0.25) is 0 Å². The lowest BCUT2D eigenvalue weighted by Gasteiger charge is -2.24. The first-order valence-corrected chi connectivity index (χ1v) is 9.91. The van der Waals surface area contributed by atoms with Gasteiger partial charge < -0.3 is 0 Å². The molecule has 0 fully saturated rings. The van der Waals surface area contributed by atoms with Crippen LogP contribution in [0.1, 0.15) is 0 Å². The van der Waals surface area contributed by atoms with E-state index in [0.29, 0.717) is 0 Å². The molecule has 0 unspecified atom stereocenters. The number of hydrogen-bond acceptors (Lipinski definition) is 2. The summed E-state index contributed by atoms with van der Waals surface area (Å²) in [6.07, 6.45) is 0. The molecule has 8 heteroatoms. The highest BCUT2D eigenvalue weighted by molar-refractivity contribution is 9.12. The second-order valence-electron chi connectivity index (χ2n) is 3.81. The van der Waals surface area contributed by atoms with E-state index >= 15 is 0 Å². The molecule has 20 heavy (non-hydrogen) atoms. The van der Waals surface area contributed by atoms with Crippen LogP contribution < -0.4 is 10.9 Å². The fourth-order valence-corrected chi connectivity index (χ4v) is 6.92. The number of benzene rings is 2. The van der Waals surface area contributed by atoms with Gasteiger partial charge in [-0.2, -0.15) is 0 Å². The van der Waals surface area contributed by atoms with Gasteiger partial charge >= 0.3 is 0 Å². The Balaban J connectivity index is 2.61. The van der Waals surface area contributed by atoms with Crippen LogP contribution in [0.4, 0.5) is 11.4 Å². The van der Waals surface area contributed by atoms with Gasteiger partial charge in [0.1, 0.15) is 0 Å². The number of nitrogens with two attached hydrogens (primary N) is 1.